The third-order valence-corrected chi connectivity index (χ3v) is 9.52. The molecule has 3 nitrogen and oxygen atoms in total. The molecule has 0 heterocycles. The van der Waals surface area contributed by atoms with E-state index >= 15 is 0 Å². The monoisotopic (exact) mass is 457 g/mol. The lowest BCUT2D eigenvalue weighted by Crippen LogP contribution is -2.34. The Morgan fingerprint density at radius 3 is 2.06 bits per heavy atom. The average molecular weight is 458 g/mol. The van der Waals surface area contributed by atoms with Crippen LogP contribution in [0.3, 0.4) is 0 Å². The summed E-state index contributed by atoms with van der Waals surface area (Å²) in [5.74, 6) is 2.69. The van der Waals surface area contributed by atoms with Crippen molar-refractivity contribution in [2.75, 3.05) is 0 Å². The second kappa shape index (κ2) is 13.7. The lowest BCUT2D eigenvalue weighted by Gasteiger charge is -2.40. The molecule has 0 spiro atoms. The summed E-state index contributed by atoms with van der Waals surface area (Å²) >= 11 is 0. The van der Waals surface area contributed by atoms with Crippen LogP contribution in [-0.4, -0.2) is 12.1 Å². The highest BCUT2D eigenvalue weighted by Crippen LogP contribution is 2.47. The smallest absolute Gasteiger partial charge is 0.309 e. The van der Waals surface area contributed by atoms with Gasteiger partial charge in [0.15, 0.2) is 0 Å². The van der Waals surface area contributed by atoms with Crippen LogP contribution in [0.25, 0.3) is 0 Å². The Morgan fingerprint density at radius 2 is 1.45 bits per heavy atom. The van der Waals surface area contributed by atoms with E-state index < -0.39 is 0 Å². The fraction of sp³-hybridized carbons (Fsp3) is 0.933. The number of carbonyl (C=O) groups is 1. The molecule has 3 aliphatic rings. The summed E-state index contributed by atoms with van der Waals surface area (Å²) in [6.07, 6.45) is 24.3. The van der Waals surface area contributed by atoms with Crippen molar-refractivity contribution in [3.05, 3.63) is 0 Å². The molecule has 3 saturated carbocycles. The Bertz CT molecular complexity index is 599. The van der Waals surface area contributed by atoms with Crippen LogP contribution in [0.4, 0.5) is 0 Å². The molecule has 0 radical (unpaired) electrons. The van der Waals surface area contributed by atoms with Crippen LogP contribution in [0.1, 0.15) is 142 Å². The number of ether oxygens (including phenoxy) is 1. The van der Waals surface area contributed by atoms with Gasteiger partial charge in [0.2, 0.25) is 0 Å². The summed E-state index contributed by atoms with van der Waals surface area (Å²) < 4.78 is 6.03. The van der Waals surface area contributed by atoms with Gasteiger partial charge in [0.1, 0.15) is 6.10 Å². The zero-order valence-electron chi connectivity index (χ0n) is 21.8. The molecule has 0 aliphatic heterocycles. The molecule has 3 fully saturated rings. The van der Waals surface area contributed by atoms with E-state index in [0.717, 1.165) is 69.1 Å². The maximum Gasteiger partial charge on any atom is 0.309 e. The molecule has 3 aliphatic carbocycles. The van der Waals surface area contributed by atoms with Crippen molar-refractivity contribution < 1.29 is 9.53 Å². The van der Waals surface area contributed by atoms with Gasteiger partial charge in [-0.1, -0.05) is 58.8 Å². The van der Waals surface area contributed by atoms with Gasteiger partial charge in [0.05, 0.1) is 17.4 Å². The third kappa shape index (κ3) is 8.00. The van der Waals surface area contributed by atoms with Gasteiger partial charge < -0.3 is 4.74 Å². The largest absolute Gasteiger partial charge is 0.462 e. The summed E-state index contributed by atoms with van der Waals surface area (Å²) in [6.45, 7) is 4.48. The quantitative estimate of drug-likeness (QED) is 0.230. The van der Waals surface area contributed by atoms with Crippen LogP contribution in [0.5, 0.6) is 0 Å². The maximum absolute atomic E-state index is 12.8. The van der Waals surface area contributed by atoms with Crippen molar-refractivity contribution in [1.29, 1.82) is 5.26 Å². The SMILES string of the molecule is CCCCCCC[C@H]1CC[C@H](C(=O)OC2CCC(C3CCC(C#N)(CCC)CC3)CC2)CC1. The average Bonchev–Trinajstić information content (AvgIpc) is 2.85. The molecule has 0 atom stereocenters. The summed E-state index contributed by atoms with van der Waals surface area (Å²) in [4.78, 5) is 12.8. The molecule has 188 valence electrons. The van der Waals surface area contributed by atoms with Crippen molar-refractivity contribution in [3.8, 4) is 6.07 Å². The van der Waals surface area contributed by atoms with Gasteiger partial charge in [-0.05, 0) is 101 Å². The Labute approximate surface area is 204 Å². The van der Waals surface area contributed by atoms with E-state index in [1.54, 1.807) is 0 Å². The van der Waals surface area contributed by atoms with E-state index in [-0.39, 0.29) is 23.4 Å². The molecule has 33 heavy (non-hydrogen) atoms. The van der Waals surface area contributed by atoms with Crippen molar-refractivity contribution in [1.82, 2.24) is 0 Å². The lowest BCUT2D eigenvalue weighted by atomic mass is 9.64. The van der Waals surface area contributed by atoms with Crippen LogP contribution in [0, 0.1) is 40.4 Å². The summed E-state index contributed by atoms with van der Waals surface area (Å²) in [7, 11) is 0. The van der Waals surface area contributed by atoms with Gasteiger partial charge in [0.25, 0.3) is 0 Å². The first-order valence-electron chi connectivity index (χ1n) is 14.7. The van der Waals surface area contributed by atoms with Crippen molar-refractivity contribution >= 4 is 5.97 Å². The number of carbonyl (C=O) groups excluding carboxylic acids is 1. The highest BCUT2D eigenvalue weighted by atomic mass is 16.5. The number of hydrogen-bond donors (Lipinski definition) is 0. The van der Waals surface area contributed by atoms with Crippen LogP contribution in [0.2, 0.25) is 0 Å². The number of unbranched alkanes of at least 4 members (excludes halogenated alkanes) is 4. The first kappa shape index (κ1) is 26.6. The minimum atomic E-state index is -0.0357. The molecule has 0 aromatic heterocycles. The Hall–Kier alpha value is -1.04. The third-order valence-electron chi connectivity index (χ3n) is 9.52. The van der Waals surface area contributed by atoms with Crippen LogP contribution in [0.15, 0.2) is 0 Å². The number of nitriles is 1. The van der Waals surface area contributed by atoms with E-state index in [2.05, 4.69) is 19.9 Å². The number of rotatable bonds is 11. The van der Waals surface area contributed by atoms with Gasteiger partial charge in [0, 0.05) is 0 Å². The zero-order valence-corrected chi connectivity index (χ0v) is 21.8. The predicted molar refractivity (Wildman–Crippen MR) is 136 cm³/mol. The van der Waals surface area contributed by atoms with Gasteiger partial charge in [-0.25, -0.2) is 0 Å². The van der Waals surface area contributed by atoms with Gasteiger partial charge in [-0.3, -0.25) is 4.79 Å². The van der Waals surface area contributed by atoms with Crippen molar-refractivity contribution in [3.63, 3.8) is 0 Å². The van der Waals surface area contributed by atoms with E-state index in [0.29, 0.717) is 0 Å². The van der Waals surface area contributed by atoms with Crippen LogP contribution in [-0.2, 0) is 9.53 Å². The topological polar surface area (TPSA) is 50.1 Å². The van der Waals surface area contributed by atoms with Crippen LogP contribution < -0.4 is 0 Å². The molecule has 0 aromatic carbocycles. The van der Waals surface area contributed by atoms with E-state index in [4.69, 9.17) is 4.74 Å². The second-order valence-electron chi connectivity index (χ2n) is 11.9. The highest BCUT2D eigenvalue weighted by molar-refractivity contribution is 5.72. The molecular formula is C30H51NO2. The summed E-state index contributed by atoms with van der Waals surface area (Å²) in [5, 5.41) is 9.68. The summed E-state index contributed by atoms with van der Waals surface area (Å²) in [6, 6.07) is 2.66. The molecule has 3 heteroatoms. The number of hydrogen-bond acceptors (Lipinski definition) is 3. The zero-order chi connectivity index (χ0) is 23.5. The standard InChI is InChI=1S/C30H51NO2/c1-3-5-6-7-8-9-24-10-12-27(13-11-24)29(32)33-28-16-14-25(15-17-28)26-18-21-30(23-31,20-4-2)22-19-26/h24-28H,3-22H2,1-2H3/t24-,25?,26?,27-,28?,30?. The Morgan fingerprint density at radius 1 is 0.818 bits per heavy atom. The molecular weight excluding hydrogens is 406 g/mol. The fourth-order valence-corrected chi connectivity index (χ4v) is 7.22. The minimum Gasteiger partial charge on any atom is -0.462 e. The molecule has 0 saturated heterocycles. The second-order valence-corrected chi connectivity index (χ2v) is 11.9. The minimum absolute atomic E-state index is 0.0357. The molecule has 0 bridgehead atoms. The Kier molecular flexibility index (Phi) is 11.1. The van der Waals surface area contributed by atoms with E-state index in [1.807, 2.05) is 0 Å². The lowest BCUT2D eigenvalue weighted by molar-refractivity contribution is -0.157. The van der Waals surface area contributed by atoms with Crippen molar-refractivity contribution in [2.24, 2.45) is 29.1 Å². The first-order valence-corrected chi connectivity index (χ1v) is 14.7. The molecule has 0 unspecified atom stereocenters. The predicted octanol–water partition coefficient (Wildman–Crippen LogP) is 8.76. The van der Waals surface area contributed by atoms with E-state index in [1.165, 1.54) is 77.0 Å². The molecule has 0 N–H and O–H groups in total. The fourth-order valence-electron chi connectivity index (χ4n) is 7.22. The molecule has 0 amide bonds. The maximum atomic E-state index is 12.8. The molecule has 3 rings (SSSR count). The Balaban J connectivity index is 1.30. The van der Waals surface area contributed by atoms with E-state index in [9.17, 15) is 10.1 Å². The van der Waals surface area contributed by atoms with Gasteiger partial charge in [-0.2, -0.15) is 5.26 Å². The highest BCUT2D eigenvalue weighted by Gasteiger charge is 2.38. The summed E-state index contributed by atoms with van der Waals surface area (Å²) in [5.41, 5.74) is -0.0357. The normalized spacial score (nSPS) is 35.0. The van der Waals surface area contributed by atoms with Crippen molar-refractivity contribution in [2.45, 2.75) is 148 Å². The van der Waals surface area contributed by atoms with Gasteiger partial charge >= 0.3 is 5.97 Å². The number of esters is 1. The molecule has 0 aromatic rings. The first-order chi connectivity index (χ1) is 16.1. The van der Waals surface area contributed by atoms with Gasteiger partial charge in [-0.15, -0.1) is 0 Å². The van der Waals surface area contributed by atoms with Crippen LogP contribution >= 0.6 is 0 Å². The number of nitrogens with zero attached hydrogens (tertiary/aromatic N) is 1.